The van der Waals surface area contributed by atoms with E-state index in [9.17, 15) is 9.18 Å². The molecule has 1 fully saturated rings. The Kier molecular flexibility index (Phi) is 5.30. The molecule has 8 heteroatoms. The highest BCUT2D eigenvalue weighted by atomic mass is 35.5. The SMILES string of the molecule is NC(=O)OC(c1nc(-c2cc(F)ncc2Cl)cs1)C1CCCCC1. The van der Waals surface area contributed by atoms with Gasteiger partial charge >= 0.3 is 6.09 Å². The Hall–Kier alpha value is -1.73. The lowest BCUT2D eigenvalue weighted by molar-refractivity contribution is 0.0533. The largest absolute Gasteiger partial charge is 0.439 e. The molecule has 0 bridgehead atoms. The van der Waals surface area contributed by atoms with Gasteiger partial charge in [0.05, 0.1) is 10.7 Å². The molecule has 1 aliphatic carbocycles. The molecule has 2 heterocycles. The first-order chi connectivity index (χ1) is 11.5. The van der Waals surface area contributed by atoms with Gasteiger partial charge in [-0.15, -0.1) is 11.3 Å². The molecule has 2 aromatic rings. The van der Waals surface area contributed by atoms with E-state index >= 15 is 0 Å². The molecule has 24 heavy (non-hydrogen) atoms. The maximum Gasteiger partial charge on any atom is 0.405 e. The van der Waals surface area contributed by atoms with Crippen molar-refractivity contribution in [1.82, 2.24) is 9.97 Å². The molecular formula is C16H17ClFN3O2S. The molecule has 1 saturated carbocycles. The summed E-state index contributed by atoms with van der Waals surface area (Å²) >= 11 is 7.44. The molecule has 0 aromatic carbocycles. The second-order valence-corrected chi connectivity index (χ2v) is 7.11. The lowest BCUT2D eigenvalue weighted by Crippen LogP contribution is -2.24. The van der Waals surface area contributed by atoms with Crippen molar-refractivity contribution in [2.45, 2.75) is 38.2 Å². The number of thiazole rings is 1. The zero-order valence-corrected chi connectivity index (χ0v) is 14.4. The second kappa shape index (κ2) is 7.44. The fourth-order valence-corrected chi connectivity index (χ4v) is 4.20. The number of rotatable bonds is 4. The molecule has 1 unspecified atom stereocenters. The van der Waals surface area contributed by atoms with Gasteiger partial charge in [-0.2, -0.15) is 4.39 Å². The van der Waals surface area contributed by atoms with Crippen LogP contribution in [0.5, 0.6) is 0 Å². The number of nitrogens with two attached hydrogens (primary N) is 1. The number of carbonyl (C=O) groups is 1. The summed E-state index contributed by atoms with van der Waals surface area (Å²) in [6, 6.07) is 1.24. The molecule has 3 rings (SSSR count). The molecule has 5 nitrogen and oxygen atoms in total. The monoisotopic (exact) mass is 369 g/mol. The Morgan fingerprint density at radius 3 is 2.88 bits per heavy atom. The zero-order chi connectivity index (χ0) is 17.1. The molecule has 0 saturated heterocycles. The summed E-state index contributed by atoms with van der Waals surface area (Å²) in [6.45, 7) is 0. The first-order valence-electron chi connectivity index (χ1n) is 7.77. The minimum atomic E-state index is -0.810. The summed E-state index contributed by atoms with van der Waals surface area (Å²) < 4.78 is 18.7. The maximum absolute atomic E-state index is 13.4. The van der Waals surface area contributed by atoms with E-state index in [1.807, 2.05) is 0 Å². The molecule has 0 spiro atoms. The maximum atomic E-state index is 13.4. The number of hydrogen-bond acceptors (Lipinski definition) is 5. The van der Waals surface area contributed by atoms with Gasteiger partial charge < -0.3 is 10.5 Å². The standard InChI is InChI=1S/C16H17ClFN3O2S/c17-11-7-20-13(18)6-10(11)12-8-24-15(21-12)14(23-16(19)22)9-4-2-1-3-5-9/h6-9,14H,1-5H2,(H2,19,22). The van der Waals surface area contributed by atoms with Gasteiger partial charge in [0, 0.05) is 29.1 Å². The van der Waals surface area contributed by atoms with Crippen molar-refractivity contribution < 1.29 is 13.9 Å². The van der Waals surface area contributed by atoms with Crippen LogP contribution in [0.2, 0.25) is 5.02 Å². The Morgan fingerprint density at radius 1 is 1.42 bits per heavy atom. The van der Waals surface area contributed by atoms with Gasteiger partial charge in [0.1, 0.15) is 5.01 Å². The van der Waals surface area contributed by atoms with Gasteiger partial charge in [-0.05, 0) is 12.8 Å². The van der Waals surface area contributed by atoms with Gasteiger partial charge in [0.15, 0.2) is 6.10 Å². The van der Waals surface area contributed by atoms with E-state index < -0.39 is 18.1 Å². The summed E-state index contributed by atoms with van der Waals surface area (Å²) in [5.41, 5.74) is 6.24. The van der Waals surface area contributed by atoms with Crippen LogP contribution in [0.1, 0.15) is 43.2 Å². The fourth-order valence-electron chi connectivity index (χ4n) is 3.06. The second-order valence-electron chi connectivity index (χ2n) is 5.81. The summed E-state index contributed by atoms with van der Waals surface area (Å²) in [7, 11) is 0. The highest BCUT2D eigenvalue weighted by molar-refractivity contribution is 7.10. The van der Waals surface area contributed by atoms with E-state index in [1.54, 1.807) is 5.38 Å². The number of ether oxygens (including phenoxy) is 1. The van der Waals surface area contributed by atoms with Crippen molar-refractivity contribution >= 4 is 29.0 Å². The molecule has 1 amide bonds. The third kappa shape index (κ3) is 3.84. The summed E-state index contributed by atoms with van der Waals surface area (Å²) in [6.07, 6.45) is 5.31. The van der Waals surface area contributed by atoms with E-state index in [4.69, 9.17) is 22.1 Å². The van der Waals surface area contributed by atoms with Gasteiger partial charge in [0.2, 0.25) is 5.95 Å². The lowest BCUT2D eigenvalue weighted by atomic mass is 9.85. The number of pyridine rings is 1. The molecule has 0 radical (unpaired) electrons. The highest BCUT2D eigenvalue weighted by Crippen LogP contribution is 2.39. The highest BCUT2D eigenvalue weighted by Gasteiger charge is 2.30. The molecule has 0 aliphatic heterocycles. The van der Waals surface area contributed by atoms with Crippen molar-refractivity contribution in [3.05, 3.63) is 33.6 Å². The third-order valence-corrected chi connectivity index (χ3v) is 5.39. The number of primary amides is 1. The minimum Gasteiger partial charge on any atom is -0.439 e. The number of halogens is 2. The zero-order valence-electron chi connectivity index (χ0n) is 12.9. The Bertz CT molecular complexity index is 734. The topological polar surface area (TPSA) is 78.1 Å². The van der Waals surface area contributed by atoms with Crippen molar-refractivity contribution in [3.8, 4) is 11.3 Å². The summed E-state index contributed by atoms with van der Waals surface area (Å²) in [5, 5.41) is 2.75. The van der Waals surface area contributed by atoms with Gasteiger partial charge in [-0.25, -0.2) is 14.8 Å². The molecular weight excluding hydrogens is 353 g/mol. The van der Waals surface area contributed by atoms with Gasteiger partial charge in [-0.1, -0.05) is 30.9 Å². The quantitative estimate of drug-likeness (QED) is 0.791. The number of hydrogen-bond donors (Lipinski definition) is 1. The normalized spacial score (nSPS) is 16.8. The van der Waals surface area contributed by atoms with Crippen LogP contribution in [0.3, 0.4) is 0 Å². The minimum absolute atomic E-state index is 0.204. The molecule has 1 atom stereocenters. The van der Waals surface area contributed by atoms with Crippen LogP contribution in [0, 0.1) is 11.9 Å². The van der Waals surface area contributed by atoms with Crippen LogP contribution >= 0.6 is 22.9 Å². The van der Waals surface area contributed by atoms with Crippen molar-refractivity contribution in [1.29, 1.82) is 0 Å². The third-order valence-electron chi connectivity index (χ3n) is 4.18. The Labute approximate surface area is 148 Å². The average molecular weight is 370 g/mol. The number of carbonyl (C=O) groups excluding carboxylic acids is 1. The molecule has 2 N–H and O–H groups in total. The van der Waals surface area contributed by atoms with Crippen molar-refractivity contribution in [2.24, 2.45) is 11.7 Å². The summed E-state index contributed by atoms with van der Waals surface area (Å²) in [4.78, 5) is 19.3. The van der Waals surface area contributed by atoms with Gasteiger partial charge in [0.25, 0.3) is 0 Å². The molecule has 1 aliphatic rings. The fraction of sp³-hybridized carbons (Fsp3) is 0.438. The smallest absolute Gasteiger partial charge is 0.405 e. The van der Waals surface area contributed by atoms with Crippen LogP contribution < -0.4 is 5.73 Å². The Morgan fingerprint density at radius 2 is 2.17 bits per heavy atom. The first-order valence-corrected chi connectivity index (χ1v) is 9.03. The van der Waals surface area contributed by atoms with Crippen LogP contribution in [0.25, 0.3) is 11.3 Å². The average Bonchev–Trinajstić information content (AvgIpc) is 3.05. The molecule has 128 valence electrons. The number of aromatic nitrogens is 2. The van der Waals surface area contributed by atoms with Crippen molar-refractivity contribution in [2.75, 3.05) is 0 Å². The van der Waals surface area contributed by atoms with Crippen LogP contribution in [-0.4, -0.2) is 16.1 Å². The number of amides is 1. The van der Waals surface area contributed by atoms with Gasteiger partial charge in [-0.3, -0.25) is 0 Å². The lowest BCUT2D eigenvalue weighted by Gasteiger charge is -2.28. The van der Waals surface area contributed by atoms with E-state index in [0.29, 0.717) is 21.3 Å². The Balaban J connectivity index is 1.90. The van der Waals surface area contributed by atoms with E-state index in [1.165, 1.54) is 30.0 Å². The predicted octanol–water partition coefficient (Wildman–Crippen LogP) is 4.71. The van der Waals surface area contributed by atoms with E-state index in [-0.39, 0.29) is 5.92 Å². The van der Waals surface area contributed by atoms with Crippen LogP contribution in [-0.2, 0) is 4.74 Å². The van der Waals surface area contributed by atoms with Crippen LogP contribution in [0.4, 0.5) is 9.18 Å². The van der Waals surface area contributed by atoms with E-state index in [0.717, 1.165) is 25.7 Å². The predicted molar refractivity (Wildman–Crippen MR) is 90.3 cm³/mol. The van der Waals surface area contributed by atoms with Crippen LogP contribution in [0.15, 0.2) is 17.6 Å². The van der Waals surface area contributed by atoms with Crippen molar-refractivity contribution in [3.63, 3.8) is 0 Å². The number of nitrogens with zero attached hydrogens (tertiary/aromatic N) is 2. The first kappa shape index (κ1) is 17.1. The van der Waals surface area contributed by atoms with E-state index in [2.05, 4.69) is 9.97 Å². The molecule has 2 aromatic heterocycles. The summed E-state index contributed by atoms with van der Waals surface area (Å²) in [5.74, 6) is -0.420.